The molecule has 3 saturated carbocycles. The van der Waals surface area contributed by atoms with Crippen LogP contribution >= 0.6 is 0 Å². The van der Waals surface area contributed by atoms with Crippen molar-refractivity contribution in [1.82, 2.24) is 0 Å². The van der Waals surface area contributed by atoms with E-state index >= 15 is 0 Å². The van der Waals surface area contributed by atoms with E-state index in [4.69, 9.17) is 4.74 Å². The number of fused-ring (bicyclic) bond motifs is 5. The number of carbonyl (C=O) groups is 1. The van der Waals surface area contributed by atoms with Crippen LogP contribution in [0.4, 0.5) is 0 Å². The quantitative estimate of drug-likeness (QED) is 0.357. The number of aliphatic hydroxyl groups is 1. The molecule has 0 bridgehead atoms. The summed E-state index contributed by atoms with van der Waals surface area (Å²) in [6.45, 7) is 13.7. The molecule has 0 aromatic carbocycles. The lowest BCUT2D eigenvalue weighted by molar-refractivity contribution is -0.149. The standard InChI is InChI=1S/C29H48O3/c1-18(2)8-7-9-19(3)23-10-11-24-27-25(13-15-29(23,24)6)28(5)14-12-22(32-20(4)30)16-21(28)17-26(27)31/h17-19,22-27,31H,7-16H2,1-6H3/t19?,22?,23?,24?,25?,26?,27?,28-,29+/m0/s1. The normalized spacial score (nSPS) is 44.3. The summed E-state index contributed by atoms with van der Waals surface area (Å²) in [4.78, 5) is 11.5. The fraction of sp³-hybridized carbons (Fsp3) is 0.897. The summed E-state index contributed by atoms with van der Waals surface area (Å²) in [6, 6.07) is 0. The van der Waals surface area contributed by atoms with Crippen molar-refractivity contribution in [2.75, 3.05) is 0 Å². The van der Waals surface area contributed by atoms with Gasteiger partial charge in [-0.15, -0.1) is 0 Å². The third-order valence-electron chi connectivity index (χ3n) is 10.6. The molecule has 0 aromatic rings. The molecule has 3 nitrogen and oxygen atoms in total. The van der Waals surface area contributed by atoms with Crippen LogP contribution in [0.2, 0.25) is 0 Å². The topological polar surface area (TPSA) is 46.5 Å². The number of carbonyl (C=O) groups excluding carboxylic acids is 1. The zero-order valence-corrected chi connectivity index (χ0v) is 21.5. The number of hydrogen-bond donors (Lipinski definition) is 1. The summed E-state index contributed by atoms with van der Waals surface area (Å²) in [7, 11) is 0. The molecule has 4 aliphatic carbocycles. The Kier molecular flexibility index (Phi) is 6.90. The first-order chi connectivity index (χ1) is 15.1. The highest BCUT2D eigenvalue weighted by Gasteiger charge is 2.61. The second kappa shape index (κ2) is 9.08. The van der Waals surface area contributed by atoms with Crippen molar-refractivity contribution in [2.45, 2.75) is 118 Å². The Morgan fingerprint density at radius 1 is 1.09 bits per heavy atom. The minimum absolute atomic E-state index is 0.00742. The lowest BCUT2D eigenvalue weighted by Gasteiger charge is -2.59. The Balaban J connectivity index is 1.51. The monoisotopic (exact) mass is 444 g/mol. The van der Waals surface area contributed by atoms with Gasteiger partial charge in [0.1, 0.15) is 6.10 Å². The van der Waals surface area contributed by atoms with Crippen LogP contribution in [0.1, 0.15) is 106 Å². The molecular weight excluding hydrogens is 396 g/mol. The van der Waals surface area contributed by atoms with Crippen molar-refractivity contribution in [3.8, 4) is 0 Å². The Morgan fingerprint density at radius 2 is 1.84 bits per heavy atom. The average molecular weight is 445 g/mol. The van der Waals surface area contributed by atoms with Crippen molar-refractivity contribution in [3.05, 3.63) is 11.6 Å². The van der Waals surface area contributed by atoms with Crippen LogP contribution in [0.25, 0.3) is 0 Å². The van der Waals surface area contributed by atoms with Crippen LogP contribution in [0.5, 0.6) is 0 Å². The van der Waals surface area contributed by atoms with E-state index in [9.17, 15) is 9.90 Å². The largest absolute Gasteiger partial charge is 0.462 e. The number of esters is 1. The summed E-state index contributed by atoms with van der Waals surface area (Å²) in [6.07, 6.45) is 14.0. The zero-order valence-electron chi connectivity index (χ0n) is 21.5. The van der Waals surface area contributed by atoms with Gasteiger partial charge in [-0.3, -0.25) is 4.79 Å². The van der Waals surface area contributed by atoms with Gasteiger partial charge >= 0.3 is 5.97 Å². The van der Waals surface area contributed by atoms with Gasteiger partial charge in [0.25, 0.3) is 0 Å². The van der Waals surface area contributed by atoms with Gasteiger partial charge in [0, 0.05) is 13.3 Å². The molecule has 0 amide bonds. The Labute approximate surface area is 196 Å². The molecule has 0 aromatic heterocycles. The smallest absolute Gasteiger partial charge is 0.302 e. The van der Waals surface area contributed by atoms with Gasteiger partial charge < -0.3 is 9.84 Å². The van der Waals surface area contributed by atoms with Gasteiger partial charge in [0.15, 0.2) is 0 Å². The SMILES string of the molecule is CC(=O)OC1CC[C@@]2(C)C(=CC(O)C3C4CCC(C(C)CCCC(C)C)[C@@]4(C)CCC32)C1. The third kappa shape index (κ3) is 4.21. The Hall–Kier alpha value is -0.830. The Bertz CT molecular complexity index is 726. The first kappa shape index (κ1) is 24.3. The molecular formula is C29H48O3. The van der Waals surface area contributed by atoms with Gasteiger partial charge in [-0.25, -0.2) is 0 Å². The van der Waals surface area contributed by atoms with E-state index < -0.39 is 0 Å². The van der Waals surface area contributed by atoms with E-state index in [1.807, 2.05) is 0 Å². The van der Waals surface area contributed by atoms with Crippen molar-refractivity contribution in [1.29, 1.82) is 0 Å². The average Bonchev–Trinajstić information content (AvgIpc) is 3.05. The molecule has 4 aliphatic rings. The highest BCUT2D eigenvalue weighted by atomic mass is 16.5. The predicted molar refractivity (Wildman–Crippen MR) is 130 cm³/mol. The van der Waals surface area contributed by atoms with Crippen LogP contribution < -0.4 is 0 Å². The molecule has 182 valence electrons. The summed E-state index contributed by atoms with van der Waals surface area (Å²) in [5.41, 5.74) is 1.92. The second-order valence-corrected chi connectivity index (χ2v) is 12.9. The molecule has 7 unspecified atom stereocenters. The molecule has 9 atom stereocenters. The lowest BCUT2D eigenvalue weighted by atomic mass is 9.46. The van der Waals surface area contributed by atoms with Crippen molar-refractivity contribution in [2.24, 2.45) is 46.3 Å². The van der Waals surface area contributed by atoms with Gasteiger partial charge in [-0.1, -0.05) is 65.5 Å². The van der Waals surface area contributed by atoms with E-state index in [0.717, 1.165) is 37.0 Å². The molecule has 0 saturated heterocycles. The second-order valence-electron chi connectivity index (χ2n) is 12.9. The van der Waals surface area contributed by atoms with Gasteiger partial charge in [0.2, 0.25) is 0 Å². The maximum atomic E-state index is 11.5. The molecule has 3 fully saturated rings. The highest BCUT2D eigenvalue weighted by molar-refractivity contribution is 5.66. The number of aliphatic hydroxyl groups excluding tert-OH is 1. The molecule has 0 aliphatic heterocycles. The molecule has 1 N–H and O–H groups in total. The van der Waals surface area contributed by atoms with E-state index in [1.54, 1.807) is 0 Å². The van der Waals surface area contributed by atoms with Gasteiger partial charge in [-0.2, -0.15) is 0 Å². The maximum absolute atomic E-state index is 11.5. The summed E-state index contributed by atoms with van der Waals surface area (Å²) >= 11 is 0. The molecule has 4 rings (SSSR count). The van der Waals surface area contributed by atoms with Crippen LogP contribution in [0.15, 0.2) is 11.6 Å². The summed E-state index contributed by atoms with van der Waals surface area (Å²) < 4.78 is 5.57. The van der Waals surface area contributed by atoms with Crippen LogP contribution in [-0.2, 0) is 9.53 Å². The fourth-order valence-corrected chi connectivity index (χ4v) is 8.98. The minimum Gasteiger partial charge on any atom is -0.462 e. The first-order valence-electron chi connectivity index (χ1n) is 13.6. The van der Waals surface area contributed by atoms with Crippen LogP contribution in [-0.4, -0.2) is 23.3 Å². The summed E-state index contributed by atoms with van der Waals surface area (Å²) in [5, 5.41) is 11.4. The lowest BCUT2D eigenvalue weighted by Crippen LogP contribution is -2.55. The molecule has 0 spiro atoms. The van der Waals surface area contributed by atoms with Gasteiger partial charge in [0.05, 0.1) is 6.10 Å². The summed E-state index contributed by atoms with van der Waals surface area (Å²) in [5.74, 6) is 3.85. The third-order valence-corrected chi connectivity index (χ3v) is 10.6. The molecule has 3 heteroatoms. The van der Waals surface area contributed by atoms with Gasteiger partial charge in [-0.05, 0) is 84.9 Å². The highest BCUT2D eigenvalue weighted by Crippen LogP contribution is 2.67. The minimum atomic E-state index is -0.334. The zero-order chi connectivity index (χ0) is 23.3. The van der Waals surface area contributed by atoms with Crippen LogP contribution in [0, 0.1) is 46.3 Å². The maximum Gasteiger partial charge on any atom is 0.302 e. The number of ether oxygens (including phenoxy) is 1. The Morgan fingerprint density at radius 3 is 2.53 bits per heavy atom. The number of hydrogen-bond acceptors (Lipinski definition) is 3. The van der Waals surface area contributed by atoms with E-state index in [-0.39, 0.29) is 23.6 Å². The van der Waals surface area contributed by atoms with Crippen molar-refractivity contribution in [3.63, 3.8) is 0 Å². The van der Waals surface area contributed by atoms with E-state index in [2.05, 4.69) is 40.7 Å². The van der Waals surface area contributed by atoms with Crippen LogP contribution in [0.3, 0.4) is 0 Å². The first-order valence-corrected chi connectivity index (χ1v) is 13.6. The molecule has 0 radical (unpaired) electrons. The predicted octanol–water partition coefficient (Wildman–Crippen LogP) is 6.93. The van der Waals surface area contributed by atoms with E-state index in [1.165, 1.54) is 57.4 Å². The van der Waals surface area contributed by atoms with Crippen molar-refractivity contribution < 1.29 is 14.6 Å². The molecule has 32 heavy (non-hydrogen) atoms. The fourth-order valence-electron chi connectivity index (χ4n) is 8.98. The molecule has 0 heterocycles. The van der Waals surface area contributed by atoms with Crippen molar-refractivity contribution >= 4 is 5.97 Å². The van der Waals surface area contributed by atoms with E-state index in [0.29, 0.717) is 23.2 Å². The number of rotatable bonds is 6.